The number of anilines is 1. The van der Waals surface area contributed by atoms with E-state index in [1.807, 2.05) is 24.3 Å². The number of nitrogens with one attached hydrogen (secondary N) is 1. The maximum absolute atomic E-state index is 11.8. The van der Waals surface area contributed by atoms with Crippen LogP contribution in [-0.2, 0) is 14.9 Å². The zero-order valence-corrected chi connectivity index (χ0v) is 26.6. The number of rotatable bonds is 9. The largest absolute Gasteiger partial charge is 1.00 e. The van der Waals surface area contributed by atoms with Crippen molar-refractivity contribution < 1.29 is 56.8 Å². The Morgan fingerprint density at radius 2 is 1.71 bits per heavy atom. The first-order chi connectivity index (χ1) is 19.4. The van der Waals surface area contributed by atoms with Crippen molar-refractivity contribution in [2.24, 2.45) is 10.2 Å². The van der Waals surface area contributed by atoms with Crippen molar-refractivity contribution >= 4 is 44.0 Å². The second kappa shape index (κ2) is 14.1. The van der Waals surface area contributed by atoms with E-state index < -0.39 is 26.7 Å². The molecule has 0 atom stereocenters. The molecule has 0 aliphatic rings. The van der Waals surface area contributed by atoms with Crippen molar-refractivity contribution in [3.63, 3.8) is 0 Å². The number of aromatic nitrogens is 1. The Bertz CT molecular complexity index is 1690. The van der Waals surface area contributed by atoms with Crippen LogP contribution in [0.3, 0.4) is 0 Å². The van der Waals surface area contributed by atoms with Crippen LogP contribution in [0.1, 0.15) is 27.2 Å². The van der Waals surface area contributed by atoms with Gasteiger partial charge in [0.05, 0.1) is 29.1 Å². The normalized spacial score (nSPS) is 11.7. The number of fused-ring (bicyclic) bond motifs is 1. The molecule has 0 aliphatic heterocycles. The predicted octanol–water partition coefficient (Wildman–Crippen LogP) is 3.10. The molecule has 214 valence electrons. The maximum Gasteiger partial charge on any atom is 1.00 e. The molecule has 0 spiro atoms. The second-order valence-electron chi connectivity index (χ2n) is 10.0. The number of nitrogens with zero attached hydrogens (tertiary/aromatic N) is 3. The summed E-state index contributed by atoms with van der Waals surface area (Å²) in [6.07, 6.45) is 1.61. The number of alkyl carbamates (subject to hydrolysis) is 1. The first kappa shape index (κ1) is 33.0. The number of benzene rings is 3. The Morgan fingerprint density at radius 3 is 2.38 bits per heavy atom. The van der Waals surface area contributed by atoms with Gasteiger partial charge in [0.25, 0.3) is 0 Å². The third kappa shape index (κ3) is 8.73. The number of carbonyl (C=O) groups is 1. The van der Waals surface area contributed by atoms with Crippen LogP contribution in [0.25, 0.3) is 22.0 Å². The number of nitrogens with two attached hydrogens (primary N) is 1. The number of azo groups is 1. The van der Waals surface area contributed by atoms with Gasteiger partial charge in [-0.1, -0.05) is 36.4 Å². The summed E-state index contributed by atoms with van der Waals surface area (Å²) in [7, 11) is -4.77. The molecule has 3 aromatic carbocycles. The molecule has 3 N–H and O–H groups in total. The minimum Gasteiger partial charge on any atom is -0.744 e. The second-order valence-corrected chi connectivity index (χ2v) is 11.4. The molecule has 42 heavy (non-hydrogen) atoms. The average Bonchev–Trinajstić information content (AvgIpc) is 2.91. The fourth-order valence-corrected chi connectivity index (χ4v) is 4.62. The van der Waals surface area contributed by atoms with E-state index in [0.29, 0.717) is 42.1 Å². The van der Waals surface area contributed by atoms with Crippen LogP contribution in [-0.4, -0.2) is 42.8 Å². The van der Waals surface area contributed by atoms with E-state index in [1.165, 1.54) is 12.3 Å². The Balaban J connectivity index is 0.00000484. The van der Waals surface area contributed by atoms with Crippen LogP contribution in [0.2, 0.25) is 0 Å². The van der Waals surface area contributed by atoms with Crippen LogP contribution in [0.15, 0.2) is 88.1 Å². The van der Waals surface area contributed by atoms with E-state index in [4.69, 9.17) is 15.2 Å². The Labute approximate surface area is 266 Å². The predicted molar refractivity (Wildman–Crippen MR) is 155 cm³/mol. The van der Waals surface area contributed by atoms with Gasteiger partial charge in [-0.25, -0.2) is 13.2 Å². The number of pyridine rings is 1. The molecule has 0 saturated heterocycles. The van der Waals surface area contributed by atoms with Crippen molar-refractivity contribution in [1.82, 2.24) is 10.3 Å². The number of ether oxygens (including phenoxy) is 2. The zero-order valence-electron chi connectivity index (χ0n) is 23.8. The van der Waals surface area contributed by atoms with E-state index >= 15 is 0 Å². The minimum absolute atomic E-state index is 0. The SMILES string of the molecule is CC(C)(C)OC(=O)NCCCOc1ccccc1-c1ccc(N=Nc2cc(S(=O)(=O)[O-])c3ccccc3c2N)cn1.[Na+]. The minimum atomic E-state index is -4.77. The molecular formula is C29H30N5NaO6S. The molecule has 0 fully saturated rings. The quantitative estimate of drug-likeness (QED) is 0.0973. The van der Waals surface area contributed by atoms with Gasteiger partial charge in [0.1, 0.15) is 32.8 Å². The van der Waals surface area contributed by atoms with Gasteiger partial charge in [0.2, 0.25) is 0 Å². The molecular weight excluding hydrogens is 569 g/mol. The summed E-state index contributed by atoms with van der Waals surface area (Å²) in [6, 6.07) is 18.4. The first-order valence-electron chi connectivity index (χ1n) is 12.8. The first-order valence-corrected chi connectivity index (χ1v) is 14.2. The van der Waals surface area contributed by atoms with Gasteiger partial charge in [-0.05, 0) is 57.5 Å². The van der Waals surface area contributed by atoms with E-state index in [1.54, 1.807) is 51.1 Å². The van der Waals surface area contributed by atoms with Gasteiger partial charge in [0.15, 0.2) is 0 Å². The van der Waals surface area contributed by atoms with Crippen LogP contribution in [0.5, 0.6) is 5.75 Å². The van der Waals surface area contributed by atoms with Crippen molar-refractivity contribution in [3.8, 4) is 17.0 Å². The number of hydrogen-bond acceptors (Lipinski definition) is 10. The fourth-order valence-electron chi connectivity index (χ4n) is 3.92. The van der Waals surface area contributed by atoms with Crippen LogP contribution in [0, 0.1) is 0 Å². The molecule has 13 heteroatoms. The van der Waals surface area contributed by atoms with Gasteiger partial charge in [-0.3, -0.25) is 4.98 Å². The van der Waals surface area contributed by atoms with E-state index in [2.05, 4.69) is 20.5 Å². The molecule has 0 radical (unpaired) electrons. The topological polar surface area (TPSA) is 168 Å². The summed E-state index contributed by atoms with van der Waals surface area (Å²) >= 11 is 0. The van der Waals surface area contributed by atoms with Gasteiger partial charge < -0.3 is 25.1 Å². The smallest absolute Gasteiger partial charge is 0.744 e. The van der Waals surface area contributed by atoms with Gasteiger partial charge in [-0.2, -0.15) is 0 Å². The van der Waals surface area contributed by atoms with Crippen molar-refractivity contribution in [3.05, 3.63) is 72.9 Å². The third-order valence-corrected chi connectivity index (χ3v) is 6.60. The molecule has 1 heterocycles. The van der Waals surface area contributed by atoms with Crippen molar-refractivity contribution in [2.75, 3.05) is 18.9 Å². The van der Waals surface area contributed by atoms with Gasteiger partial charge >= 0.3 is 35.7 Å². The molecule has 11 nitrogen and oxygen atoms in total. The summed E-state index contributed by atoms with van der Waals surface area (Å²) in [6.45, 7) is 6.18. The molecule has 1 amide bonds. The van der Waals surface area contributed by atoms with E-state index in [-0.39, 0.29) is 46.3 Å². The van der Waals surface area contributed by atoms with Crippen molar-refractivity contribution in [2.45, 2.75) is 37.7 Å². The monoisotopic (exact) mass is 599 g/mol. The van der Waals surface area contributed by atoms with Gasteiger partial charge in [-0.15, -0.1) is 10.2 Å². The summed E-state index contributed by atoms with van der Waals surface area (Å²) in [4.78, 5) is 15.8. The third-order valence-electron chi connectivity index (χ3n) is 5.73. The Hall–Kier alpha value is -3.55. The van der Waals surface area contributed by atoms with E-state index in [9.17, 15) is 17.8 Å². The van der Waals surface area contributed by atoms with Crippen molar-refractivity contribution in [1.29, 1.82) is 0 Å². The Kier molecular flexibility index (Phi) is 11.0. The van der Waals surface area contributed by atoms with Crippen LogP contribution in [0.4, 0.5) is 21.9 Å². The summed E-state index contributed by atoms with van der Waals surface area (Å²) in [5.41, 5.74) is 7.69. The molecule has 4 rings (SSSR count). The summed E-state index contributed by atoms with van der Waals surface area (Å²) in [5.74, 6) is 0.627. The number of amides is 1. The maximum atomic E-state index is 11.8. The summed E-state index contributed by atoms with van der Waals surface area (Å²) < 4.78 is 46.7. The van der Waals surface area contributed by atoms with Crippen LogP contribution < -0.4 is 45.3 Å². The molecule has 1 aromatic heterocycles. The molecule has 0 saturated carbocycles. The van der Waals surface area contributed by atoms with Crippen LogP contribution >= 0.6 is 0 Å². The molecule has 4 aromatic rings. The standard InChI is InChI=1S/C29H31N5O6S.Na/c1-29(2,3)40-28(35)31-15-8-16-39-25-12-7-6-11-22(25)23-14-13-19(18-32-23)33-34-24-17-26(41(36,37)38)20-9-4-5-10-21(20)27(24)30;/h4-7,9-14,17-18H,8,15-16,30H2,1-3H3,(H,31,35)(H,36,37,38);/q;+1/p-1. The zero-order chi connectivity index (χ0) is 29.6. The fraction of sp³-hybridized carbons (Fsp3) is 0.241. The molecule has 0 bridgehead atoms. The number of carbonyl (C=O) groups excluding carboxylic acids is 1. The van der Waals surface area contributed by atoms with Gasteiger partial charge in [0, 0.05) is 22.9 Å². The average molecular weight is 600 g/mol. The molecule has 0 unspecified atom stereocenters. The molecule has 0 aliphatic carbocycles. The number of nitrogen functional groups attached to an aromatic ring is 1. The van der Waals surface area contributed by atoms with E-state index in [0.717, 1.165) is 11.6 Å². The number of hydrogen-bond donors (Lipinski definition) is 2. The summed E-state index contributed by atoms with van der Waals surface area (Å²) in [5, 5.41) is 11.6. The Morgan fingerprint density at radius 1 is 1.02 bits per heavy atom. The number of para-hydroxylation sites is 1.